The molecule has 0 aliphatic heterocycles. The summed E-state index contributed by atoms with van der Waals surface area (Å²) in [7, 11) is -2.75. The van der Waals surface area contributed by atoms with Crippen molar-refractivity contribution >= 4 is 27.4 Å². The van der Waals surface area contributed by atoms with Gasteiger partial charge in [0.2, 0.25) is 0 Å². The molecule has 1 aromatic heterocycles. The van der Waals surface area contributed by atoms with Crippen molar-refractivity contribution in [2.24, 2.45) is 0 Å². The lowest BCUT2D eigenvalue weighted by Gasteiger charge is -2.18. The zero-order valence-corrected chi connectivity index (χ0v) is 12.7. The smallest absolute Gasteiger partial charge is 0.253 e. The van der Waals surface area contributed by atoms with Gasteiger partial charge in [-0.2, -0.15) is 13.2 Å². The second kappa shape index (κ2) is 5.77. The lowest BCUT2D eigenvalue weighted by atomic mass is 10.2. The molecular formula is C13H10ClF3N2O2S. The minimum absolute atomic E-state index is 0.101. The summed E-state index contributed by atoms with van der Waals surface area (Å²) in [6.07, 6.45) is -3.25. The molecule has 22 heavy (non-hydrogen) atoms. The molecule has 0 aliphatic rings. The van der Waals surface area contributed by atoms with E-state index in [1.54, 1.807) is 0 Å². The van der Waals surface area contributed by atoms with Gasteiger partial charge in [0.1, 0.15) is 5.82 Å². The van der Waals surface area contributed by atoms with Crippen LogP contribution in [0.3, 0.4) is 0 Å². The van der Waals surface area contributed by atoms with Crippen LogP contribution in [0, 0.1) is 0 Å². The van der Waals surface area contributed by atoms with Gasteiger partial charge in [0.25, 0.3) is 10.0 Å². The van der Waals surface area contributed by atoms with Gasteiger partial charge in [0.05, 0.1) is 15.5 Å². The second-order valence-corrected chi connectivity index (χ2v) is 6.73. The Morgan fingerprint density at radius 2 is 1.68 bits per heavy atom. The molecule has 0 fully saturated rings. The largest absolute Gasteiger partial charge is 0.416 e. The molecule has 0 aliphatic carbocycles. The third-order valence-electron chi connectivity index (χ3n) is 2.87. The van der Waals surface area contributed by atoms with Gasteiger partial charge in [0.15, 0.2) is 0 Å². The zero-order valence-electron chi connectivity index (χ0n) is 11.2. The normalized spacial score (nSPS) is 12.2. The average molecular weight is 351 g/mol. The highest BCUT2D eigenvalue weighted by Gasteiger charge is 2.31. The SMILES string of the molecule is CN(c1ccc(Cl)cn1)S(=O)(=O)c1ccc(C(F)(F)F)cc1. The number of pyridine rings is 1. The van der Waals surface area contributed by atoms with Crippen LogP contribution >= 0.6 is 11.6 Å². The summed E-state index contributed by atoms with van der Waals surface area (Å²) in [6.45, 7) is 0. The fourth-order valence-electron chi connectivity index (χ4n) is 1.65. The fourth-order valence-corrected chi connectivity index (χ4v) is 2.91. The number of alkyl halides is 3. The minimum Gasteiger partial charge on any atom is -0.253 e. The van der Waals surface area contributed by atoms with E-state index in [1.165, 1.54) is 25.4 Å². The molecule has 0 bridgehead atoms. The summed E-state index contributed by atoms with van der Waals surface area (Å²) in [5.74, 6) is 0.101. The van der Waals surface area contributed by atoms with Crippen molar-refractivity contribution in [3.8, 4) is 0 Å². The van der Waals surface area contributed by atoms with Crippen LogP contribution < -0.4 is 4.31 Å². The second-order valence-electron chi connectivity index (χ2n) is 4.33. The summed E-state index contributed by atoms with van der Waals surface area (Å²) in [6, 6.07) is 6.10. The molecule has 2 rings (SSSR count). The first-order chi connectivity index (χ1) is 10.1. The highest BCUT2D eigenvalue weighted by atomic mass is 35.5. The van der Waals surface area contributed by atoms with E-state index >= 15 is 0 Å². The van der Waals surface area contributed by atoms with Crippen LogP contribution in [0.5, 0.6) is 0 Å². The quantitative estimate of drug-likeness (QED) is 0.850. The van der Waals surface area contributed by atoms with Crippen LogP contribution in [-0.4, -0.2) is 20.4 Å². The van der Waals surface area contributed by atoms with Crippen molar-refractivity contribution < 1.29 is 21.6 Å². The summed E-state index contributed by atoms with van der Waals surface area (Å²) in [5, 5.41) is 0.337. The van der Waals surface area contributed by atoms with Gasteiger partial charge in [-0.15, -0.1) is 0 Å². The molecule has 1 heterocycles. The van der Waals surface area contributed by atoms with E-state index in [0.29, 0.717) is 5.02 Å². The highest BCUT2D eigenvalue weighted by Crippen LogP contribution is 2.30. The van der Waals surface area contributed by atoms with Crippen molar-refractivity contribution in [2.75, 3.05) is 11.4 Å². The van der Waals surface area contributed by atoms with E-state index < -0.39 is 21.8 Å². The Kier molecular flexibility index (Phi) is 4.35. The minimum atomic E-state index is -4.52. The monoisotopic (exact) mass is 350 g/mol. The topological polar surface area (TPSA) is 50.3 Å². The molecule has 0 spiro atoms. The van der Waals surface area contributed by atoms with Crippen LogP contribution in [0.15, 0.2) is 47.5 Å². The summed E-state index contributed by atoms with van der Waals surface area (Å²) < 4.78 is 63.1. The predicted molar refractivity (Wildman–Crippen MR) is 76.3 cm³/mol. The number of hydrogen-bond acceptors (Lipinski definition) is 3. The maximum absolute atomic E-state index is 12.5. The molecule has 0 atom stereocenters. The van der Waals surface area contributed by atoms with E-state index in [-0.39, 0.29) is 10.7 Å². The Hall–Kier alpha value is -1.80. The van der Waals surface area contributed by atoms with Crippen molar-refractivity contribution in [3.05, 3.63) is 53.2 Å². The van der Waals surface area contributed by atoms with Gasteiger partial charge in [-0.3, -0.25) is 4.31 Å². The van der Waals surface area contributed by atoms with Crippen molar-refractivity contribution in [1.82, 2.24) is 4.98 Å². The van der Waals surface area contributed by atoms with Gasteiger partial charge in [0, 0.05) is 13.2 Å². The molecule has 1 aromatic carbocycles. The lowest BCUT2D eigenvalue weighted by molar-refractivity contribution is -0.137. The Labute approximate surface area is 130 Å². The Bertz CT molecular complexity index is 759. The number of benzene rings is 1. The predicted octanol–water partition coefficient (Wildman–Crippen LogP) is 3.58. The van der Waals surface area contributed by atoms with E-state index in [9.17, 15) is 21.6 Å². The number of aromatic nitrogens is 1. The van der Waals surface area contributed by atoms with Crippen LogP contribution in [0.1, 0.15) is 5.56 Å². The first kappa shape index (κ1) is 16.6. The van der Waals surface area contributed by atoms with Crippen molar-refractivity contribution in [1.29, 1.82) is 0 Å². The van der Waals surface area contributed by atoms with Gasteiger partial charge in [-0.1, -0.05) is 11.6 Å². The first-order valence-corrected chi connectivity index (χ1v) is 7.72. The van der Waals surface area contributed by atoms with Gasteiger partial charge in [-0.05, 0) is 36.4 Å². The molecule has 118 valence electrons. The highest BCUT2D eigenvalue weighted by molar-refractivity contribution is 7.92. The number of sulfonamides is 1. The Morgan fingerprint density at radius 3 is 2.14 bits per heavy atom. The van der Waals surface area contributed by atoms with E-state index in [2.05, 4.69) is 4.98 Å². The number of nitrogens with zero attached hydrogens (tertiary/aromatic N) is 2. The standard InChI is InChI=1S/C13H10ClF3N2O2S/c1-19(12-7-4-10(14)8-18-12)22(20,21)11-5-2-9(3-6-11)13(15,16)17/h2-8H,1H3. The third kappa shape index (κ3) is 3.33. The Morgan fingerprint density at radius 1 is 1.09 bits per heavy atom. The fraction of sp³-hybridized carbons (Fsp3) is 0.154. The number of halogens is 4. The van der Waals surface area contributed by atoms with Crippen LogP contribution in [-0.2, 0) is 16.2 Å². The molecular weight excluding hydrogens is 341 g/mol. The number of rotatable bonds is 3. The van der Waals surface area contributed by atoms with Crippen molar-refractivity contribution in [3.63, 3.8) is 0 Å². The summed E-state index contributed by atoms with van der Waals surface area (Å²) in [5.41, 5.74) is -0.918. The third-order valence-corrected chi connectivity index (χ3v) is 4.87. The molecule has 0 saturated carbocycles. The number of hydrogen-bond donors (Lipinski definition) is 0. The maximum atomic E-state index is 12.5. The van der Waals surface area contributed by atoms with Gasteiger partial charge in [-0.25, -0.2) is 13.4 Å². The van der Waals surface area contributed by atoms with E-state index in [1.807, 2.05) is 0 Å². The summed E-state index contributed by atoms with van der Waals surface area (Å²) >= 11 is 5.67. The maximum Gasteiger partial charge on any atom is 0.416 e. The van der Waals surface area contributed by atoms with Gasteiger partial charge < -0.3 is 0 Å². The molecule has 0 saturated heterocycles. The molecule has 2 aromatic rings. The zero-order chi connectivity index (χ0) is 16.5. The Balaban J connectivity index is 2.35. The summed E-state index contributed by atoms with van der Waals surface area (Å²) in [4.78, 5) is 3.60. The number of anilines is 1. The van der Waals surface area contributed by atoms with Crippen LogP contribution in [0.4, 0.5) is 19.0 Å². The van der Waals surface area contributed by atoms with Crippen molar-refractivity contribution in [2.45, 2.75) is 11.1 Å². The van der Waals surface area contributed by atoms with Crippen LogP contribution in [0.2, 0.25) is 5.02 Å². The molecule has 0 amide bonds. The van der Waals surface area contributed by atoms with Gasteiger partial charge >= 0.3 is 6.18 Å². The molecule has 9 heteroatoms. The first-order valence-electron chi connectivity index (χ1n) is 5.90. The molecule has 0 radical (unpaired) electrons. The van der Waals surface area contributed by atoms with E-state index in [4.69, 9.17) is 11.6 Å². The van der Waals surface area contributed by atoms with Crippen LogP contribution in [0.25, 0.3) is 0 Å². The van der Waals surface area contributed by atoms with E-state index in [0.717, 1.165) is 28.6 Å². The molecule has 4 nitrogen and oxygen atoms in total. The lowest BCUT2D eigenvalue weighted by Crippen LogP contribution is -2.27. The molecule has 0 N–H and O–H groups in total. The molecule has 0 unspecified atom stereocenters. The average Bonchev–Trinajstić information content (AvgIpc) is 2.46.